The maximum atomic E-state index is 15.0. The summed E-state index contributed by atoms with van der Waals surface area (Å²) in [4.78, 5) is 29.9. The Hall–Kier alpha value is -4.99. The van der Waals surface area contributed by atoms with Crippen LogP contribution in [0, 0.1) is 5.82 Å². The van der Waals surface area contributed by atoms with Gasteiger partial charge in [0.05, 0.1) is 23.6 Å². The number of hydrazone groups is 2. The first-order chi connectivity index (χ1) is 19.2. The number of fused-ring (bicyclic) bond motifs is 1. The fourth-order valence-electron chi connectivity index (χ4n) is 4.04. The molecular weight excluding hydrogens is 509 g/mol. The topological polar surface area (TPSA) is 94.3 Å². The van der Waals surface area contributed by atoms with Crippen molar-refractivity contribution in [1.29, 1.82) is 0 Å². The molecule has 0 fully saturated rings. The number of pyridine rings is 1. The van der Waals surface area contributed by atoms with Crippen LogP contribution in [0.5, 0.6) is 0 Å². The average molecular weight is 542 g/mol. The summed E-state index contributed by atoms with van der Waals surface area (Å²) in [6.45, 7) is 2.32. The number of rotatable bonds is 9. The molecule has 1 amide bonds. The lowest BCUT2D eigenvalue weighted by Gasteiger charge is -2.13. The summed E-state index contributed by atoms with van der Waals surface area (Å²) in [5.74, 6) is -1.34. The van der Waals surface area contributed by atoms with E-state index in [1.807, 2.05) is 93.4 Å². The summed E-state index contributed by atoms with van der Waals surface area (Å²) >= 11 is 0. The van der Waals surface area contributed by atoms with Crippen molar-refractivity contribution in [1.82, 2.24) is 9.99 Å². The zero-order valence-electron chi connectivity index (χ0n) is 23.1. The molecule has 0 aliphatic carbocycles. The molecule has 1 heterocycles. The monoisotopic (exact) mass is 541 g/mol. The molecule has 206 valence electrons. The molecular formula is C30H32FN7O2. The molecule has 4 aromatic rings. The number of nitrogens with one attached hydrogen (secondary N) is 2. The molecule has 1 aromatic heterocycles. The van der Waals surface area contributed by atoms with E-state index in [1.165, 1.54) is 18.5 Å². The van der Waals surface area contributed by atoms with E-state index in [4.69, 9.17) is 0 Å². The highest BCUT2D eigenvalue weighted by Gasteiger charge is 2.17. The van der Waals surface area contributed by atoms with Crippen LogP contribution in [0.15, 0.2) is 81.9 Å². The number of anilines is 3. The average Bonchev–Trinajstić information content (AvgIpc) is 2.94. The van der Waals surface area contributed by atoms with Crippen molar-refractivity contribution in [2.45, 2.75) is 13.5 Å². The van der Waals surface area contributed by atoms with Crippen molar-refractivity contribution in [3.63, 3.8) is 0 Å². The van der Waals surface area contributed by atoms with Gasteiger partial charge >= 0.3 is 0 Å². The van der Waals surface area contributed by atoms with E-state index >= 15 is 0 Å². The van der Waals surface area contributed by atoms with Gasteiger partial charge in [-0.2, -0.15) is 10.2 Å². The molecule has 0 saturated heterocycles. The maximum Gasteiger partial charge on any atom is 0.276 e. The number of hydrogen-bond donors (Lipinski definition) is 2. The lowest BCUT2D eigenvalue weighted by atomic mass is 10.1. The number of nitrogens with zero attached hydrogens (tertiary/aromatic N) is 5. The van der Waals surface area contributed by atoms with Crippen molar-refractivity contribution < 1.29 is 9.18 Å². The number of hydrogen-bond acceptors (Lipinski definition) is 7. The number of halogens is 1. The Morgan fingerprint density at radius 3 is 1.98 bits per heavy atom. The number of aromatic nitrogens is 1. The minimum atomic E-state index is -0.678. The maximum absolute atomic E-state index is 15.0. The standard InChI is InChI=1S/C30H32FN7O2/c1-6-38-19-25(30(40)35-33-18-21-9-13-23(14-10-21)37(4)5)29(39)24-15-26(31)27(16-28(24)38)34-32-17-20-7-11-22(12-8-20)36(2)3/h7-19,34H,6H2,1-5H3,(H,35,40)/b32-17-,33-18-. The molecule has 10 heteroatoms. The molecule has 0 aliphatic rings. The molecule has 0 radical (unpaired) electrons. The molecule has 40 heavy (non-hydrogen) atoms. The van der Waals surface area contributed by atoms with Crippen molar-refractivity contribution in [3.8, 4) is 0 Å². The molecule has 9 nitrogen and oxygen atoms in total. The van der Waals surface area contributed by atoms with Crippen molar-refractivity contribution in [2.24, 2.45) is 10.2 Å². The second-order valence-corrected chi connectivity index (χ2v) is 9.55. The van der Waals surface area contributed by atoms with Crippen LogP contribution < -0.4 is 26.1 Å². The molecule has 0 unspecified atom stereocenters. The second-order valence-electron chi connectivity index (χ2n) is 9.55. The number of benzene rings is 3. The van der Waals surface area contributed by atoms with Crippen molar-refractivity contribution >= 4 is 46.3 Å². The zero-order valence-corrected chi connectivity index (χ0v) is 23.1. The van der Waals surface area contributed by atoms with Gasteiger partial charge in [-0.15, -0.1) is 0 Å². The molecule has 0 saturated carbocycles. The van der Waals surface area contributed by atoms with Gasteiger partial charge in [0.2, 0.25) is 5.43 Å². The number of aryl methyl sites for hydroxylation is 1. The molecule has 0 atom stereocenters. The van der Waals surface area contributed by atoms with Crippen LogP contribution in [0.4, 0.5) is 21.5 Å². The lowest BCUT2D eigenvalue weighted by molar-refractivity contribution is 0.0953. The number of carbonyl (C=O) groups is 1. The SMILES string of the molecule is CCn1cc(C(=O)N/N=C\c2ccc(N(C)C)cc2)c(=O)c2cc(F)c(N/N=C\c3ccc(N(C)C)cc3)cc21. The van der Waals surface area contributed by atoms with Crippen LogP contribution in [0.25, 0.3) is 10.9 Å². The first-order valence-corrected chi connectivity index (χ1v) is 12.7. The first-order valence-electron chi connectivity index (χ1n) is 12.7. The van der Waals surface area contributed by atoms with Gasteiger partial charge in [0.25, 0.3) is 5.91 Å². The van der Waals surface area contributed by atoms with Gasteiger partial charge in [0.1, 0.15) is 11.4 Å². The normalized spacial score (nSPS) is 11.3. The second kappa shape index (κ2) is 12.2. The minimum Gasteiger partial charge on any atom is -0.378 e. The highest BCUT2D eigenvalue weighted by atomic mass is 19.1. The first kappa shape index (κ1) is 28.0. The highest BCUT2D eigenvalue weighted by Crippen LogP contribution is 2.22. The van der Waals surface area contributed by atoms with E-state index in [1.54, 1.807) is 10.8 Å². The van der Waals surface area contributed by atoms with Crippen LogP contribution in [0.2, 0.25) is 0 Å². The third-order valence-electron chi connectivity index (χ3n) is 6.35. The van der Waals surface area contributed by atoms with Gasteiger partial charge in [-0.25, -0.2) is 9.82 Å². The molecule has 4 rings (SSSR count). The molecule has 0 bridgehead atoms. The Kier molecular flexibility index (Phi) is 8.58. The highest BCUT2D eigenvalue weighted by molar-refractivity contribution is 5.98. The van der Waals surface area contributed by atoms with E-state index in [0.717, 1.165) is 28.6 Å². The zero-order chi connectivity index (χ0) is 28.8. The lowest BCUT2D eigenvalue weighted by Crippen LogP contribution is -2.27. The Morgan fingerprint density at radius 2 is 1.45 bits per heavy atom. The van der Waals surface area contributed by atoms with E-state index in [-0.39, 0.29) is 16.6 Å². The van der Waals surface area contributed by atoms with Crippen LogP contribution in [0.1, 0.15) is 28.4 Å². The summed E-state index contributed by atoms with van der Waals surface area (Å²) in [7, 11) is 7.80. The summed E-state index contributed by atoms with van der Waals surface area (Å²) in [5.41, 5.74) is 8.70. The number of carbonyl (C=O) groups excluding carboxylic acids is 1. The van der Waals surface area contributed by atoms with Crippen LogP contribution >= 0.6 is 0 Å². The summed E-state index contributed by atoms with van der Waals surface area (Å²) < 4.78 is 16.7. The van der Waals surface area contributed by atoms with E-state index < -0.39 is 17.2 Å². The molecule has 3 aromatic carbocycles. The van der Waals surface area contributed by atoms with Crippen LogP contribution in [-0.4, -0.2) is 51.1 Å². The van der Waals surface area contributed by atoms with E-state index in [0.29, 0.717) is 12.1 Å². The quantitative estimate of drug-likeness (QED) is 0.240. The van der Waals surface area contributed by atoms with Crippen molar-refractivity contribution in [2.75, 3.05) is 43.4 Å². The Labute approximate surface area is 232 Å². The summed E-state index contributed by atoms with van der Waals surface area (Å²) in [6, 6.07) is 18.0. The van der Waals surface area contributed by atoms with Crippen LogP contribution in [-0.2, 0) is 6.54 Å². The summed E-state index contributed by atoms with van der Waals surface area (Å²) in [6.07, 6.45) is 4.53. The van der Waals surface area contributed by atoms with E-state index in [9.17, 15) is 14.0 Å². The van der Waals surface area contributed by atoms with Crippen molar-refractivity contribution in [3.05, 3.63) is 99.6 Å². The Bertz CT molecular complexity index is 1620. The van der Waals surface area contributed by atoms with Gasteiger partial charge in [0, 0.05) is 57.7 Å². The van der Waals surface area contributed by atoms with Gasteiger partial charge < -0.3 is 14.4 Å². The minimum absolute atomic E-state index is 0.0871. The predicted octanol–water partition coefficient (Wildman–Crippen LogP) is 4.50. The molecule has 0 aliphatic heterocycles. The Balaban J connectivity index is 1.54. The van der Waals surface area contributed by atoms with Crippen LogP contribution in [0.3, 0.4) is 0 Å². The van der Waals surface area contributed by atoms with Gasteiger partial charge in [0.15, 0.2) is 0 Å². The largest absolute Gasteiger partial charge is 0.378 e. The smallest absolute Gasteiger partial charge is 0.276 e. The predicted molar refractivity (Wildman–Crippen MR) is 162 cm³/mol. The Morgan fingerprint density at radius 1 is 0.900 bits per heavy atom. The molecule has 2 N–H and O–H groups in total. The third kappa shape index (κ3) is 6.35. The fourth-order valence-corrected chi connectivity index (χ4v) is 4.04. The van der Waals surface area contributed by atoms with E-state index in [2.05, 4.69) is 21.1 Å². The molecule has 0 spiro atoms. The van der Waals surface area contributed by atoms with Gasteiger partial charge in [-0.1, -0.05) is 24.3 Å². The van der Waals surface area contributed by atoms with Gasteiger partial charge in [-0.05, 0) is 54.4 Å². The third-order valence-corrected chi connectivity index (χ3v) is 6.35. The summed E-state index contributed by atoms with van der Waals surface area (Å²) in [5, 5.41) is 8.22. The number of amides is 1. The fraction of sp³-hybridized carbons (Fsp3) is 0.200. The van der Waals surface area contributed by atoms with Gasteiger partial charge in [-0.3, -0.25) is 15.0 Å².